The third kappa shape index (κ3) is 2.90. The van der Waals surface area contributed by atoms with Crippen molar-refractivity contribution in [1.29, 1.82) is 0 Å². The van der Waals surface area contributed by atoms with Crippen molar-refractivity contribution in [3.8, 4) is 0 Å². The van der Waals surface area contributed by atoms with Gasteiger partial charge in [-0.1, -0.05) is 11.2 Å². The number of rotatable bonds is 4. The van der Waals surface area contributed by atoms with Crippen molar-refractivity contribution in [3.05, 3.63) is 47.7 Å². The van der Waals surface area contributed by atoms with Gasteiger partial charge in [-0.05, 0) is 36.1 Å². The van der Waals surface area contributed by atoms with Crippen molar-refractivity contribution in [2.24, 2.45) is 0 Å². The summed E-state index contributed by atoms with van der Waals surface area (Å²) in [5.74, 6) is 1.10. The van der Waals surface area contributed by atoms with Crippen LogP contribution in [0.5, 0.6) is 0 Å². The second-order valence-corrected chi connectivity index (χ2v) is 6.12. The van der Waals surface area contributed by atoms with Gasteiger partial charge >= 0.3 is 0 Å². The molecule has 1 fully saturated rings. The highest BCUT2D eigenvalue weighted by molar-refractivity contribution is 5.83. The number of hydrogen-bond donors (Lipinski definition) is 2. The van der Waals surface area contributed by atoms with Gasteiger partial charge in [-0.2, -0.15) is 4.98 Å². The van der Waals surface area contributed by atoms with Gasteiger partial charge in [0.2, 0.25) is 11.8 Å². The maximum absolute atomic E-state index is 12.3. The number of H-pyrrole nitrogens is 1. The van der Waals surface area contributed by atoms with Crippen molar-refractivity contribution in [2.45, 2.75) is 25.9 Å². The van der Waals surface area contributed by atoms with Gasteiger partial charge in [0.1, 0.15) is 0 Å². The number of aryl methyl sites for hydroxylation is 1. The van der Waals surface area contributed by atoms with E-state index in [0.29, 0.717) is 31.2 Å². The molecule has 0 radical (unpaired) electrons. The molecule has 4 rings (SSSR count). The maximum Gasteiger partial charge on any atom is 0.237 e. The van der Waals surface area contributed by atoms with Gasteiger partial charge in [-0.3, -0.25) is 9.69 Å². The number of benzene rings is 1. The van der Waals surface area contributed by atoms with Crippen LogP contribution in [0.1, 0.15) is 17.3 Å². The van der Waals surface area contributed by atoms with E-state index in [1.165, 1.54) is 10.9 Å². The Balaban J connectivity index is 1.55. The first-order valence-electron chi connectivity index (χ1n) is 8.06. The van der Waals surface area contributed by atoms with E-state index in [2.05, 4.69) is 49.6 Å². The van der Waals surface area contributed by atoms with E-state index in [9.17, 15) is 4.79 Å². The van der Waals surface area contributed by atoms with Crippen molar-refractivity contribution in [1.82, 2.24) is 25.3 Å². The highest BCUT2D eigenvalue weighted by Gasteiger charge is 2.31. The molecule has 7 nitrogen and oxygen atoms in total. The molecule has 1 atom stereocenters. The van der Waals surface area contributed by atoms with Crippen LogP contribution in [0.25, 0.3) is 10.9 Å². The summed E-state index contributed by atoms with van der Waals surface area (Å²) in [6.45, 7) is 3.95. The smallest absolute Gasteiger partial charge is 0.237 e. The Morgan fingerprint density at radius 3 is 3.12 bits per heavy atom. The number of fused-ring (bicyclic) bond motifs is 1. The number of aromatic nitrogens is 3. The summed E-state index contributed by atoms with van der Waals surface area (Å²) < 4.78 is 5.19. The molecule has 7 heteroatoms. The quantitative estimate of drug-likeness (QED) is 0.757. The topological polar surface area (TPSA) is 87.0 Å². The number of aromatic amines is 1. The third-order valence-corrected chi connectivity index (χ3v) is 4.38. The van der Waals surface area contributed by atoms with Crippen molar-refractivity contribution >= 4 is 16.8 Å². The Morgan fingerprint density at radius 2 is 2.29 bits per heavy atom. The van der Waals surface area contributed by atoms with Gasteiger partial charge in [0.05, 0.1) is 12.5 Å². The number of carbonyl (C=O) groups is 1. The molecule has 3 aromatic rings. The van der Waals surface area contributed by atoms with Crippen LogP contribution >= 0.6 is 0 Å². The van der Waals surface area contributed by atoms with Gasteiger partial charge < -0.3 is 14.8 Å². The molecule has 0 spiro atoms. The Kier molecular flexibility index (Phi) is 3.78. The highest BCUT2D eigenvalue weighted by atomic mass is 16.5. The van der Waals surface area contributed by atoms with Gasteiger partial charge in [0.25, 0.3) is 0 Å². The molecule has 0 saturated carbocycles. The second kappa shape index (κ2) is 6.09. The van der Waals surface area contributed by atoms with Crippen molar-refractivity contribution in [3.63, 3.8) is 0 Å². The molecule has 2 N–H and O–H groups in total. The van der Waals surface area contributed by atoms with Crippen molar-refractivity contribution < 1.29 is 9.32 Å². The largest absolute Gasteiger partial charge is 0.361 e. The molecule has 0 bridgehead atoms. The van der Waals surface area contributed by atoms with Crippen LogP contribution in [0, 0.1) is 6.92 Å². The summed E-state index contributed by atoms with van der Waals surface area (Å²) in [5, 5.41) is 7.91. The number of amides is 1. The number of nitrogens with one attached hydrogen (secondary N) is 2. The summed E-state index contributed by atoms with van der Waals surface area (Å²) in [7, 11) is 0. The molecular formula is C17H19N5O2. The summed E-state index contributed by atoms with van der Waals surface area (Å²) in [4.78, 5) is 21.9. The predicted molar refractivity (Wildman–Crippen MR) is 88.2 cm³/mol. The van der Waals surface area contributed by atoms with Gasteiger partial charge in [0.15, 0.2) is 5.82 Å². The standard InChI is InChI=1S/C17H19N5O2/c1-11-20-16(24-21-11)9-15-17(23)19-6-7-22(15)10-12-2-3-14-13(8-12)4-5-18-14/h2-5,8,15,18H,6-7,9-10H2,1H3,(H,19,23). The van der Waals surface area contributed by atoms with Crippen LogP contribution in [-0.4, -0.2) is 45.1 Å². The first-order chi connectivity index (χ1) is 11.7. The zero-order valence-electron chi connectivity index (χ0n) is 13.5. The van der Waals surface area contributed by atoms with Gasteiger partial charge in [-0.15, -0.1) is 0 Å². The zero-order chi connectivity index (χ0) is 16.5. The van der Waals surface area contributed by atoms with Crippen LogP contribution in [-0.2, 0) is 17.8 Å². The molecular weight excluding hydrogens is 306 g/mol. The molecule has 2 aromatic heterocycles. The van der Waals surface area contributed by atoms with Crippen molar-refractivity contribution in [2.75, 3.05) is 13.1 Å². The van der Waals surface area contributed by atoms with E-state index < -0.39 is 0 Å². The predicted octanol–water partition coefficient (Wildman–Crippen LogP) is 1.40. The Bertz CT molecular complexity index is 869. The highest BCUT2D eigenvalue weighted by Crippen LogP contribution is 2.19. The molecule has 1 aliphatic rings. The first kappa shape index (κ1) is 14.9. The van der Waals surface area contributed by atoms with Gasteiger partial charge in [-0.25, -0.2) is 0 Å². The molecule has 1 unspecified atom stereocenters. The average molecular weight is 325 g/mol. The number of carbonyl (C=O) groups excluding carboxylic acids is 1. The lowest BCUT2D eigenvalue weighted by molar-refractivity contribution is -0.129. The van der Waals surface area contributed by atoms with Crippen LogP contribution < -0.4 is 5.32 Å². The molecule has 1 aromatic carbocycles. The van der Waals surface area contributed by atoms with E-state index >= 15 is 0 Å². The Morgan fingerprint density at radius 1 is 1.38 bits per heavy atom. The molecule has 0 aliphatic carbocycles. The monoisotopic (exact) mass is 325 g/mol. The fraction of sp³-hybridized carbons (Fsp3) is 0.353. The van der Waals surface area contributed by atoms with E-state index in [-0.39, 0.29) is 11.9 Å². The molecule has 1 amide bonds. The number of hydrogen-bond acceptors (Lipinski definition) is 5. The fourth-order valence-corrected chi connectivity index (χ4v) is 3.20. The Hall–Kier alpha value is -2.67. The molecule has 124 valence electrons. The van der Waals surface area contributed by atoms with Crippen LogP contribution in [0.15, 0.2) is 35.0 Å². The lowest BCUT2D eigenvalue weighted by Crippen LogP contribution is -2.55. The van der Waals surface area contributed by atoms with Crippen LogP contribution in [0.2, 0.25) is 0 Å². The van der Waals surface area contributed by atoms with E-state index in [1.807, 2.05) is 6.20 Å². The summed E-state index contributed by atoms with van der Waals surface area (Å²) in [5.41, 5.74) is 2.30. The summed E-state index contributed by atoms with van der Waals surface area (Å²) in [6.07, 6.45) is 2.36. The number of nitrogens with zero attached hydrogens (tertiary/aromatic N) is 3. The molecule has 1 aliphatic heterocycles. The molecule has 3 heterocycles. The van der Waals surface area contributed by atoms with Crippen LogP contribution in [0.3, 0.4) is 0 Å². The SMILES string of the molecule is Cc1noc(CC2C(=O)NCCN2Cc2ccc3[nH]ccc3c2)n1. The minimum absolute atomic E-state index is 0.0137. The minimum atomic E-state index is -0.291. The average Bonchev–Trinajstić information content (AvgIpc) is 3.19. The van der Waals surface area contributed by atoms with E-state index in [4.69, 9.17) is 4.52 Å². The van der Waals surface area contributed by atoms with Gasteiger partial charge in [0, 0.05) is 31.3 Å². The second-order valence-electron chi connectivity index (χ2n) is 6.12. The summed E-state index contributed by atoms with van der Waals surface area (Å²) >= 11 is 0. The molecule has 1 saturated heterocycles. The minimum Gasteiger partial charge on any atom is -0.361 e. The Labute approximate surface area is 139 Å². The normalized spacial score (nSPS) is 18.9. The molecule has 24 heavy (non-hydrogen) atoms. The van der Waals surface area contributed by atoms with E-state index in [1.54, 1.807) is 6.92 Å². The number of piperazine rings is 1. The maximum atomic E-state index is 12.3. The van der Waals surface area contributed by atoms with Crippen LogP contribution in [0.4, 0.5) is 0 Å². The zero-order valence-corrected chi connectivity index (χ0v) is 13.5. The summed E-state index contributed by atoms with van der Waals surface area (Å²) in [6, 6.07) is 8.09. The third-order valence-electron chi connectivity index (χ3n) is 4.38. The lowest BCUT2D eigenvalue weighted by atomic mass is 10.1. The fourth-order valence-electron chi connectivity index (χ4n) is 3.20. The lowest BCUT2D eigenvalue weighted by Gasteiger charge is -2.34. The van der Waals surface area contributed by atoms with E-state index in [0.717, 1.165) is 12.1 Å². The first-order valence-corrected chi connectivity index (χ1v) is 8.06.